The van der Waals surface area contributed by atoms with Crippen LogP contribution in [0.3, 0.4) is 0 Å². The maximum Gasteiger partial charge on any atom is 0.335 e. The topological polar surface area (TPSA) is 37.3 Å². The Balaban J connectivity index is 2.13. The van der Waals surface area contributed by atoms with Crippen LogP contribution in [0.5, 0.6) is 0 Å². The van der Waals surface area contributed by atoms with Gasteiger partial charge in [0.15, 0.2) is 0 Å². The normalized spacial score (nSPS) is 25.4. The third-order valence-electron chi connectivity index (χ3n) is 3.00. The van der Waals surface area contributed by atoms with Gasteiger partial charge in [0.25, 0.3) is 0 Å². The van der Waals surface area contributed by atoms with Crippen molar-refractivity contribution in [1.29, 1.82) is 0 Å². The second kappa shape index (κ2) is 4.01. The van der Waals surface area contributed by atoms with Crippen LogP contribution < -0.4 is 0 Å². The van der Waals surface area contributed by atoms with Crippen LogP contribution in [0.15, 0.2) is 24.3 Å². The second-order valence-corrected chi connectivity index (χ2v) is 4.03. The van der Waals surface area contributed by atoms with Crippen LogP contribution in [0, 0.1) is 0 Å². The van der Waals surface area contributed by atoms with E-state index in [9.17, 15) is 9.18 Å². The number of carboxylic acid groups (broad SMARTS) is 1. The molecule has 2 rings (SSSR count). The third kappa shape index (κ3) is 2.17. The van der Waals surface area contributed by atoms with Crippen molar-refractivity contribution >= 4 is 5.97 Å². The van der Waals surface area contributed by atoms with Crippen molar-refractivity contribution in [3.05, 3.63) is 35.4 Å². The van der Waals surface area contributed by atoms with Crippen LogP contribution in [0.1, 0.15) is 41.1 Å². The highest BCUT2D eigenvalue weighted by Crippen LogP contribution is 2.35. The molecule has 15 heavy (non-hydrogen) atoms. The lowest BCUT2D eigenvalue weighted by Gasteiger charge is -2.09. The molecule has 2 unspecified atom stereocenters. The summed E-state index contributed by atoms with van der Waals surface area (Å²) < 4.78 is 13.0. The first-order valence-electron chi connectivity index (χ1n) is 5.14. The molecule has 2 nitrogen and oxygen atoms in total. The summed E-state index contributed by atoms with van der Waals surface area (Å²) in [6.45, 7) is 0. The largest absolute Gasteiger partial charge is 0.478 e. The van der Waals surface area contributed by atoms with Gasteiger partial charge >= 0.3 is 5.97 Å². The number of aromatic carboxylic acids is 1. The van der Waals surface area contributed by atoms with Crippen molar-refractivity contribution in [2.45, 2.75) is 31.4 Å². The Bertz CT molecular complexity index is 358. The fourth-order valence-electron chi connectivity index (χ4n) is 2.13. The average molecular weight is 208 g/mol. The Morgan fingerprint density at radius 3 is 2.40 bits per heavy atom. The quantitative estimate of drug-likeness (QED) is 0.811. The Kier molecular flexibility index (Phi) is 2.71. The number of benzene rings is 1. The molecule has 1 N–H and O–H groups in total. The van der Waals surface area contributed by atoms with Gasteiger partial charge < -0.3 is 5.11 Å². The molecular formula is C12H13FO2. The highest BCUT2D eigenvalue weighted by Gasteiger charge is 2.25. The number of halogens is 1. The summed E-state index contributed by atoms with van der Waals surface area (Å²) in [5, 5.41) is 8.72. The lowest BCUT2D eigenvalue weighted by Crippen LogP contribution is -1.98. The molecule has 1 aliphatic rings. The molecule has 0 spiro atoms. The fraction of sp³-hybridized carbons (Fsp3) is 0.417. The van der Waals surface area contributed by atoms with E-state index in [4.69, 9.17) is 5.11 Å². The lowest BCUT2D eigenvalue weighted by molar-refractivity contribution is 0.0697. The summed E-state index contributed by atoms with van der Waals surface area (Å²) in [6.07, 6.45) is 1.39. The molecule has 0 aromatic heterocycles. The molecule has 1 aromatic carbocycles. The minimum Gasteiger partial charge on any atom is -0.478 e. The van der Waals surface area contributed by atoms with Crippen LogP contribution in [-0.2, 0) is 0 Å². The number of hydrogen-bond acceptors (Lipinski definition) is 1. The number of alkyl halides is 1. The van der Waals surface area contributed by atoms with Crippen molar-refractivity contribution < 1.29 is 14.3 Å². The maximum absolute atomic E-state index is 13.0. The molecule has 1 aliphatic carbocycles. The van der Waals surface area contributed by atoms with Crippen molar-refractivity contribution in [3.63, 3.8) is 0 Å². The van der Waals surface area contributed by atoms with Gasteiger partial charge in [-0.15, -0.1) is 0 Å². The minimum absolute atomic E-state index is 0.267. The van der Waals surface area contributed by atoms with Gasteiger partial charge in [0.1, 0.15) is 6.17 Å². The van der Waals surface area contributed by atoms with Gasteiger partial charge in [-0.3, -0.25) is 0 Å². The van der Waals surface area contributed by atoms with E-state index in [1.54, 1.807) is 24.3 Å². The first kappa shape index (κ1) is 10.1. The summed E-state index contributed by atoms with van der Waals surface area (Å²) in [4.78, 5) is 10.6. The van der Waals surface area contributed by atoms with E-state index in [1.807, 2.05) is 0 Å². The zero-order chi connectivity index (χ0) is 10.8. The predicted molar refractivity (Wildman–Crippen MR) is 54.9 cm³/mol. The molecule has 0 saturated heterocycles. The summed E-state index contributed by atoms with van der Waals surface area (Å²) in [5.41, 5.74) is 1.34. The molecule has 1 saturated carbocycles. The zero-order valence-corrected chi connectivity index (χ0v) is 8.32. The highest BCUT2D eigenvalue weighted by atomic mass is 19.1. The van der Waals surface area contributed by atoms with Crippen LogP contribution in [-0.4, -0.2) is 17.2 Å². The molecule has 0 aliphatic heterocycles. The molecule has 2 atom stereocenters. The van der Waals surface area contributed by atoms with Crippen molar-refractivity contribution in [1.82, 2.24) is 0 Å². The van der Waals surface area contributed by atoms with Crippen molar-refractivity contribution in [3.8, 4) is 0 Å². The first-order chi connectivity index (χ1) is 7.16. The van der Waals surface area contributed by atoms with E-state index in [0.717, 1.165) is 12.0 Å². The minimum atomic E-state index is -0.920. The monoisotopic (exact) mass is 208 g/mol. The molecule has 0 heterocycles. The lowest BCUT2D eigenvalue weighted by atomic mass is 9.97. The van der Waals surface area contributed by atoms with Crippen LogP contribution in [0.2, 0.25) is 0 Å². The highest BCUT2D eigenvalue weighted by molar-refractivity contribution is 5.87. The standard InChI is InChI=1S/C12H13FO2/c13-11-6-5-10(7-11)8-1-3-9(4-2-8)12(14)15/h1-4,10-11H,5-7H2,(H,14,15). The Labute approximate surface area is 87.7 Å². The molecule has 1 fully saturated rings. The van der Waals surface area contributed by atoms with Crippen LogP contribution in [0.25, 0.3) is 0 Å². The van der Waals surface area contributed by atoms with Crippen LogP contribution >= 0.6 is 0 Å². The van der Waals surface area contributed by atoms with Gasteiger partial charge in [0.2, 0.25) is 0 Å². The SMILES string of the molecule is O=C(O)c1ccc(C2CCC(F)C2)cc1. The van der Waals surface area contributed by atoms with Gasteiger partial charge in [-0.25, -0.2) is 9.18 Å². The Morgan fingerprint density at radius 2 is 1.93 bits per heavy atom. The maximum atomic E-state index is 13.0. The number of rotatable bonds is 2. The molecule has 80 valence electrons. The number of carbonyl (C=O) groups is 1. The summed E-state index contributed by atoms with van der Waals surface area (Å²) in [7, 11) is 0. The Hall–Kier alpha value is -1.38. The van der Waals surface area contributed by atoms with Gasteiger partial charge in [0.05, 0.1) is 5.56 Å². The average Bonchev–Trinajstić information content (AvgIpc) is 2.65. The molecular weight excluding hydrogens is 195 g/mol. The Morgan fingerprint density at radius 1 is 1.27 bits per heavy atom. The van der Waals surface area contributed by atoms with E-state index in [2.05, 4.69) is 0 Å². The summed E-state index contributed by atoms with van der Waals surface area (Å²) in [5.74, 6) is -0.654. The number of carboxylic acids is 1. The summed E-state index contributed by atoms with van der Waals surface area (Å²) in [6, 6.07) is 6.77. The number of hydrogen-bond donors (Lipinski definition) is 1. The predicted octanol–water partition coefficient (Wildman–Crippen LogP) is 2.99. The van der Waals surface area contributed by atoms with E-state index >= 15 is 0 Å². The van der Waals surface area contributed by atoms with Gasteiger partial charge in [-0.2, -0.15) is 0 Å². The smallest absolute Gasteiger partial charge is 0.335 e. The van der Waals surface area contributed by atoms with Crippen molar-refractivity contribution in [2.75, 3.05) is 0 Å². The summed E-state index contributed by atoms with van der Waals surface area (Å²) >= 11 is 0. The molecule has 0 bridgehead atoms. The molecule has 0 radical (unpaired) electrons. The third-order valence-corrected chi connectivity index (χ3v) is 3.00. The van der Waals surface area contributed by atoms with Gasteiger partial charge in [0, 0.05) is 0 Å². The second-order valence-electron chi connectivity index (χ2n) is 4.03. The molecule has 1 aromatic rings. The van der Waals surface area contributed by atoms with E-state index in [-0.39, 0.29) is 11.5 Å². The first-order valence-corrected chi connectivity index (χ1v) is 5.14. The van der Waals surface area contributed by atoms with E-state index in [0.29, 0.717) is 12.8 Å². The zero-order valence-electron chi connectivity index (χ0n) is 8.32. The molecule has 0 amide bonds. The molecule has 3 heteroatoms. The van der Waals surface area contributed by atoms with E-state index < -0.39 is 12.1 Å². The van der Waals surface area contributed by atoms with E-state index in [1.165, 1.54) is 0 Å². The van der Waals surface area contributed by atoms with Gasteiger partial charge in [-0.05, 0) is 42.9 Å². The van der Waals surface area contributed by atoms with Gasteiger partial charge in [-0.1, -0.05) is 12.1 Å². The van der Waals surface area contributed by atoms with Crippen LogP contribution in [0.4, 0.5) is 4.39 Å². The fourth-order valence-corrected chi connectivity index (χ4v) is 2.13. The van der Waals surface area contributed by atoms with Crippen molar-refractivity contribution in [2.24, 2.45) is 0 Å².